The minimum Gasteiger partial charge on any atom is -0.480 e. The first-order chi connectivity index (χ1) is 8.07. The van der Waals surface area contributed by atoms with Gasteiger partial charge in [0.2, 0.25) is 5.91 Å². The van der Waals surface area contributed by atoms with Crippen molar-refractivity contribution in [3.63, 3.8) is 0 Å². The van der Waals surface area contributed by atoms with Gasteiger partial charge in [-0.2, -0.15) is 0 Å². The van der Waals surface area contributed by atoms with E-state index in [2.05, 4.69) is 6.08 Å². The van der Waals surface area contributed by atoms with E-state index >= 15 is 0 Å². The molecule has 0 radical (unpaired) electrons. The highest BCUT2D eigenvalue weighted by Gasteiger charge is 2.34. The second-order valence-corrected chi connectivity index (χ2v) is 4.54. The fourth-order valence-electron chi connectivity index (χ4n) is 2.43. The average molecular weight is 239 g/mol. The molecule has 1 rings (SSSR count). The number of carboxylic acid groups (broad SMARTS) is 1. The number of aliphatic carboxylic acids is 1. The van der Waals surface area contributed by atoms with Gasteiger partial charge in [-0.05, 0) is 31.6 Å². The maximum atomic E-state index is 11.6. The number of carbonyl (C=O) groups is 2. The van der Waals surface area contributed by atoms with Crippen molar-refractivity contribution in [2.45, 2.75) is 45.6 Å². The number of rotatable bonds is 5. The maximum Gasteiger partial charge on any atom is 0.326 e. The predicted octanol–water partition coefficient (Wildman–Crippen LogP) is 2.05. The van der Waals surface area contributed by atoms with E-state index in [0.29, 0.717) is 6.54 Å². The summed E-state index contributed by atoms with van der Waals surface area (Å²) in [5.74, 6) is -0.976. The van der Waals surface area contributed by atoms with Crippen LogP contribution in [0.3, 0.4) is 0 Å². The molecule has 0 spiro atoms. The molecule has 0 aromatic rings. The third-order valence-electron chi connectivity index (χ3n) is 3.21. The molecule has 1 aliphatic carbocycles. The Bertz CT molecular complexity index is 312. The molecular formula is C13H21NO3. The van der Waals surface area contributed by atoms with Crippen LogP contribution in [0.5, 0.6) is 0 Å². The summed E-state index contributed by atoms with van der Waals surface area (Å²) in [6.07, 6.45) is 7.39. The van der Waals surface area contributed by atoms with E-state index in [1.54, 1.807) is 0 Å². The molecule has 0 aromatic heterocycles. The van der Waals surface area contributed by atoms with Gasteiger partial charge in [-0.1, -0.05) is 19.1 Å². The Hall–Kier alpha value is -1.32. The number of carboxylic acids is 1. The van der Waals surface area contributed by atoms with E-state index in [1.165, 1.54) is 11.8 Å². The van der Waals surface area contributed by atoms with Crippen LogP contribution in [0.2, 0.25) is 0 Å². The number of nitrogens with zero attached hydrogens (tertiary/aromatic N) is 1. The van der Waals surface area contributed by atoms with Crippen LogP contribution < -0.4 is 0 Å². The number of hydrogen-bond donors (Lipinski definition) is 1. The summed E-state index contributed by atoms with van der Waals surface area (Å²) in [7, 11) is 0. The molecule has 0 fully saturated rings. The smallest absolute Gasteiger partial charge is 0.326 e. The van der Waals surface area contributed by atoms with Crippen molar-refractivity contribution in [1.29, 1.82) is 0 Å². The van der Waals surface area contributed by atoms with Crippen LogP contribution in [-0.2, 0) is 9.59 Å². The van der Waals surface area contributed by atoms with Crippen molar-refractivity contribution in [2.24, 2.45) is 5.92 Å². The Morgan fingerprint density at radius 1 is 1.47 bits per heavy atom. The molecule has 0 saturated carbocycles. The van der Waals surface area contributed by atoms with Gasteiger partial charge in [-0.25, -0.2) is 4.79 Å². The van der Waals surface area contributed by atoms with Crippen LogP contribution in [0.1, 0.15) is 39.5 Å². The molecule has 0 aliphatic heterocycles. The average Bonchev–Trinajstić information content (AvgIpc) is 2.29. The summed E-state index contributed by atoms with van der Waals surface area (Å²) in [6.45, 7) is 3.92. The molecule has 0 saturated heterocycles. The van der Waals surface area contributed by atoms with Gasteiger partial charge in [0, 0.05) is 13.5 Å². The summed E-state index contributed by atoms with van der Waals surface area (Å²) < 4.78 is 0. The number of carbonyl (C=O) groups excluding carboxylic acids is 1. The fourth-order valence-corrected chi connectivity index (χ4v) is 2.43. The standard InChI is InChI=1S/C13H21NO3/c1-3-9-14(10(2)15)12(13(16)17)11-7-5-4-6-8-11/h4-5,11-12H,3,6-9H2,1-2H3,(H,16,17). The van der Waals surface area contributed by atoms with Crippen LogP contribution >= 0.6 is 0 Å². The van der Waals surface area contributed by atoms with Crippen molar-refractivity contribution in [1.82, 2.24) is 4.90 Å². The molecule has 0 heterocycles. The molecule has 0 bridgehead atoms. The number of amides is 1. The zero-order valence-electron chi connectivity index (χ0n) is 10.6. The first-order valence-electron chi connectivity index (χ1n) is 6.23. The molecule has 1 amide bonds. The summed E-state index contributed by atoms with van der Waals surface area (Å²) >= 11 is 0. The van der Waals surface area contributed by atoms with E-state index in [4.69, 9.17) is 0 Å². The summed E-state index contributed by atoms with van der Waals surface area (Å²) in [6, 6.07) is -0.669. The zero-order valence-corrected chi connectivity index (χ0v) is 10.6. The van der Waals surface area contributed by atoms with Gasteiger partial charge in [0.25, 0.3) is 0 Å². The monoisotopic (exact) mass is 239 g/mol. The summed E-state index contributed by atoms with van der Waals surface area (Å²) in [4.78, 5) is 24.5. The third kappa shape index (κ3) is 3.58. The lowest BCUT2D eigenvalue weighted by atomic mass is 9.86. The highest BCUT2D eigenvalue weighted by atomic mass is 16.4. The second kappa shape index (κ2) is 6.42. The molecule has 96 valence electrons. The SMILES string of the molecule is CCCN(C(C)=O)C(C(=O)O)C1CC=CCC1. The van der Waals surface area contributed by atoms with Crippen molar-refractivity contribution in [3.8, 4) is 0 Å². The highest BCUT2D eigenvalue weighted by Crippen LogP contribution is 2.25. The van der Waals surface area contributed by atoms with Gasteiger partial charge >= 0.3 is 5.97 Å². The third-order valence-corrected chi connectivity index (χ3v) is 3.21. The molecule has 4 heteroatoms. The van der Waals surface area contributed by atoms with E-state index in [1.807, 2.05) is 13.0 Å². The Kier molecular flexibility index (Phi) is 5.19. The van der Waals surface area contributed by atoms with Crippen molar-refractivity contribution in [3.05, 3.63) is 12.2 Å². The van der Waals surface area contributed by atoms with Gasteiger partial charge < -0.3 is 10.0 Å². The molecule has 2 unspecified atom stereocenters. The molecule has 1 N–H and O–H groups in total. The van der Waals surface area contributed by atoms with E-state index < -0.39 is 12.0 Å². The van der Waals surface area contributed by atoms with Gasteiger partial charge in [0.1, 0.15) is 6.04 Å². The van der Waals surface area contributed by atoms with Crippen molar-refractivity contribution >= 4 is 11.9 Å². The number of hydrogen-bond acceptors (Lipinski definition) is 2. The van der Waals surface area contributed by atoms with Gasteiger partial charge in [0.15, 0.2) is 0 Å². The van der Waals surface area contributed by atoms with E-state index in [9.17, 15) is 14.7 Å². The fraction of sp³-hybridized carbons (Fsp3) is 0.692. The predicted molar refractivity (Wildman–Crippen MR) is 65.6 cm³/mol. The minimum absolute atomic E-state index is 0.0490. The highest BCUT2D eigenvalue weighted by molar-refractivity contribution is 5.82. The van der Waals surface area contributed by atoms with Gasteiger partial charge in [-0.3, -0.25) is 4.79 Å². The Labute approximate surface area is 102 Å². The van der Waals surface area contributed by atoms with Crippen LogP contribution in [0.15, 0.2) is 12.2 Å². The van der Waals surface area contributed by atoms with Crippen LogP contribution in [0.25, 0.3) is 0 Å². The molecule has 4 nitrogen and oxygen atoms in total. The van der Waals surface area contributed by atoms with Crippen LogP contribution in [-0.4, -0.2) is 34.5 Å². The van der Waals surface area contributed by atoms with E-state index in [0.717, 1.165) is 25.7 Å². The summed E-state index contributed by atoms with van der Waals surface area (Å²) in [5, 5.41) is 9.35. The normalized spacial score (nSPS) is 20.9. The zero-order chi connectivity index (χ0) is 12.8. The van der Waals surface area contributed by atoms with Crippen molar-refractivity contribution in [2.75, 3.05) is 6.54 Å². The topological polar surface area (TPSA) is 57.6 Å². The largest absolute Gasteiger partial charge is 0.480 e. The molecule has 17 heavy (non-hydrogen) atoms. The first-order valence-corrected chi connectivity index (χ1v) is 6.23. The lowest BCUT2D eigenvalue weighted by Gasteiger charge is -2.34. The molecule has 2 atom stereocenters. The Morgan fingerprint density at radius 3 is 2.59 bits per heavy atom. The van der Waals surface area contributed by atoms with Crippen molar-refractivity contribution < 1.29 is 14.7 Å². The maximum absolute atomic E-state index is 11.6. The van der Waals surface area contributed by atoms with Gasteiger partial charge in [0.05, 0.1) is 0 Å². The quantitative estimate of drug-likeness (QED) is 0.747. The summed E-state index contributed by atoms with van der Waals surface area (Å²) in [5.41, 5.74) is 0. The Balaban J connectivity index is 2.85. The second-order valence-electron chi connectivity index (χ2n) is 4.54. The molecular weight excluding hydrogens is 218 g/mol. The number of allylic oxidation sites excluding steroid dienone is 2. The van der Waals surface area contributed by atoms with Crippen LogP contribution in [0, 0.1) is 5.92 Å². The van der Waals surface area contributed by atoms with E-state index in [-0.39, 0.29) is 11.8 Å². The molecule has 1 aliphatic rings. The van der Waals surface area contributed by atoms with Gasteiger partial charge in [-0.15, -0.1) is 0 Å². The Morgan fingerprint density at radius 2 is 2.18 bits per heavy atom. The van der Waals surface area contributed by atoms with Crippen LogP contribution in [0.4, 0.5) is 0 Å². The lowest BCUT2D eigenvalue weighted by molar-refractivity contribution is -0.152. The first kappa shape index (κ1) is 13.7. The lowest BCUT2D eigenvalue weighted by Crippen LogP contribution is -2.49. The minimum atomic E-state index is -0.881. The molecule has 0 aromatic carbocycles.